The molecule has 14 heavy (non-hydrogen) atoms. The number of isocyanates is 1. The van der Waals surface area contributed by atoms with E-state index in [4.69, 9.17) is 0 Å². The third kappa shape index (κ3) is 1.74. The van der Waals surface area contributed by atoms with Crippen molar-refractivity contribution in [3.63, 3.8) is 0 Å². The molecule has 1 heterocycles. The third-order valence-corrected chi connectivity index (χ3v) is 2.20. The Kier molecular flexibility index (Phi) is 2.44. The Morgan fingerprint density at radius 2 is 2.07 bits per heavy atom. The number of benzene rings is 1. The third-order valence-electron chi connectivity index (χ3n) is 1.70. The first-order valence-corrected chi connectivity index (χ1v) is 4.69. The molecular weight excluding hydrogens is 198 g/mol. The normalized spacial score (nSPS) is 9.43. The minimum atomic E-state index is 0.590. The molecule has 1 aromatic heterocycles. The molecule has 0 radical (unpaired) electrons. The van der Waals surface area contributed by atoms with Crippen LogP contribution in [0.15, 0.2) is 34.6 Å². The molecule has 0 unspecified atom stereocenters. The van der Waals surface area contributed by atoms with E-state index in [9.17, 15) is 4.79 Å². The lowest BCUT2D eigenvalue weighted by atomic mass is 10.2. The molecule has 2 aromatic rings. The van der Waals surface area contributed by atoms with Crippen LogP contribution in [0.2, 0.25) is 0 Å². The average Bonchev–Trinajstić information content (AvgIpc) is 2.72. The molecule has 68 valence electrons. The van der Waals surface area contributed by atoms with Gasteiger partial charge in [0.05, 0.1) is 5.69 Å². The first-order chi connectivity index (χ1) is 6.90. The number of rotatable bonds is 2. The highest BCUT2D eigenvalue weighted by Crippen LogP contribution is 2.20. The number of nitrogens with zero attached hydrogens (tertiary/aromatic N) is 3. The predicted octanol–water partition coefficient (Wildman–Crippen LogP) is 2.17. The quantitative estimate of drug-likeness (QED) is 0.555. The minimum Gasteiger partial charge on any atom is -0.211 e. The highest BCUT2D eigenvalue weighted by molar-refractivity contribution is 7.03. The second kappa shape index (κ2) is 3.91. The van der Waals surface area contributed by atoms with Crippen LogP contribution in [0, 0.1) is 0 Å². The zero-order valence-electron chi connectivity index (χ0n) is 7.04. The molecule has 0 saturated heterocycles. The van der Waals surface area contributed by atoms with Crippen LogP contribution in [-0.2, 0) is 4.79 Å². The standard InChI is InChI=1S/C9H5N3OS/c13-6-10-8-3-1-7(2-4-8)9-5-14-12-11-9/h1-5H. The van der Waals surface area contributed by atoms with Crippen molar-refractivity contribution in [1.29, 1.82) is 0 Å². The smallest absolute Gasteiger partial charge is 0.211 e. The molecule has 0 aliphatic rings. The first kappa shape index (κ1) is 8.74. The van der Waals surface area contributed by atoms with Crippen molar-refractivity contribution in [2.24, 2.45) is 4.99 Å². The lowest BCUT2D eigenvalue weighted by molar-refractivity contribution is 0.565. The SMILES string of the molecule is O=C=Nc1ccc(-c2csnn2)cc1. The summed E-state index contributed by atoms with van der Waals surface area (Å²) in [6.07, 6.45) is 1.49. The van der Waals surface area contributed by atoms with Gasteiger partial charge in [-0.2, -0.15) is 4.99 Å². The van der Waals surface area contributed by atoms with Gasteiger partial charge >= 0.3 is 0 Å². The van der Waals surface area contributed by atoms with Crippen LogP contribution in [-0.4, -0.2) is 15.7 Å². The number of aliphatic imine (C=N–C) groups is 1. The van der Waals surface area contributed by atoms with Crippen LogP contribution < -0.4 is 0 Å². The van der Waals surface area contributed by atoms with Crippen LogP contribution >= 0.6 is 11.5 Å². The largest absolute Gasteiger partial charge is 0.240 e. The van der Waals surface area contributed by atoms with Gasteiger partial charge < -0.3 is 0 Å². The second-order valence-electron chi connectivity index (χ2n) is 2.54. The van der Waals surface area contributed by atoms with Gasteiger partial charge in [-0.15, -0.1) is 5.10 Å². The fraction of sp³-hybridized carbons (Fsp3) is 0. The average molecular weight is 203 g/mol. The molecule has 0 fully saturated rings. The van der Waals surface area contributed by atoms with E-state index >= 15 is 0 Å². The minimum absolute atomic E-state index is 0.590. The summed E-state index contributed by atoms with van der Waals surface area (Å²) in [5, 5.41) is 5.78. The van der Waals surface area contributed by atoms with Crippen LogP contribution in [0.5, 0.6) is 0 Å². The maximum absolute atomic E-state index is 9.98. The zero-order chi connectivity index (χ0) is 9.80. The van der Waals surface area contributed by atoms with Gasteiger partial charge in [0.15, 0.2) is 0 Å². The number of aromatic nitrogens is 2. The van der Waals surface area contributed by atoms with Crippen LogP contribution in [0.25, 0.3) is 11.3 Å². The summed E-state index contributed by atoms with van der Waals surface area (Å²) in [6.45, 7) is 0. The van der Waals surface area contributed by atoms with Gasteiger partial charge in [-0.3, -0.25) is 0 Å². The van der Waals surface area contributed by atoms with Gasteiger partial charge in [-0.1, -0.05) is 16.6 Å². The van der Waals surface area contributed by atoms with E-state index in [1.165, 1.54) is 17.6 Å². The van der Waals surface area contributed by atoms with Crippen LogP contribution in [0.3, 0.4) is 0 Å². The molecule has 0 saturated carbocycles. The lowest BCUT2D eigenvalue weighted by Crippen LogP contribution is -1.76. The molecule has 0 amide bonds. The van der Waals surface area contributed by atoms with E-state index in [0.29, 0.717) is 5.69 Å². The van der Waals surface area contributed by atoms with Gasteiger partial charge in [-0.25, -0.2) is 4.79 Å². The highest BCUT2D eigenvalue weighted by Gasteiger charge is 1.99. The van der Waals surface area contributed by atoms with Crippen molar-refractivity contribution in [1.82, 2.24) is 9.59 Å². The molecule has 4 nitrogen and oxygen atoms in total. The highest BCUT2D eigenvalue weighted by atomic mass is 32.1. The lowest BCUT2D eigenvalue weighted by Gasteiger charge is -1.94. The first-order valence-electron chi connectivity index (χ1n) is 3.85. The fourth-order valence-electron chi connectivity index (χ4n) is 1.05. The van der Waals surface area contributed by atoms with E-state index in [-0.39, 0.29) is 0 Å². The maximum atomic E-state index is 9.98. The van der Waals surface area contributed by atoms with Crippen molar-refractivity contribution < 1.29 is 4.79 Å². The van der Waals surface area contributed by atoms with Crippen molar-refractivity contribution in [3.05, 3.63) is 29.6 Å². The van der Waals surface area contributed by atoms with E-state index in [1.807, 2.05) is 17.5 Å². The van der Waals surface area contributed by atoms with E-state index in [2.05, 4.69) is 14.6 Å². The van der Waals surface area contributed by atoms with E-state index < -0.39 is 0 Å². The van der Waals surface area contributed by atoms with Gasteiger partial charge in [-0.05, 0) is 23.7 Å². The summed E-state index contributed by atoms with van der Waals surface area (Å²) in [5.74, 6) is 0. The van der Waals surface area contributed by atoms with Gasteiger partial charge in [0, 0.05) is 10.9 Å². The number of hydrogen-bond acceptors (Lipinski definition) is 5. The molecule has 0 bridgehead atoms. The van der Waals surface area contributed by atoms with Crippen LogP contribution in [0.4, 0.5) is 5.69 Å². The molecule has 0 aliphatic carbocycles. The Bertz CT molecular complexity index is 457. The number of hydrogen-bond donors (Lipinski definition) is 0. The van der Waals surface area contributed by atoms with E-state index in [0.717, 1.165) is 11.3 Å². The molecule has 2 rings (SSSR count). The molecule has 0 spiro atoms. The summed E-state index contributed by atoms with van der Waals surface area (Å²) in [4.78, 5) is 13.5. The Morgan fingerprint density at radius 1 is 1.29 bits per heavy atom. The Hall–Kier alpha value is -1.84. The zero-order valence-corrected chi connectivity index (χ0v) is 7.86. The topological polar surface area (TPSA) is 55.2 Å². The molecular formula is C9H5N3OS. The van der Waals surface area contributed by atoms with Crippen molar-refractivity contribution in [3.8, 4) is 11.3 Å². The Morgan fingerprint density at radius 3 is 2.64 bits per heavy atom. The molecule has 5 heteroatoms. The van der Waals surface area contributed by atoms with Gasteiger partial charge in [0.25, 0.3) is 0 Å². The van der Waals surface area contributed by atoms with Crippen molar-refractivity contribution >= 4 is 23.3 Å². The van der Waals surface area contributed by atoms with E-state index in [1.54, 1.807) is 12.1 Å². The molecule has 0 aliphatic heterocycles. The predicted molar refractivity (Wildman–Crippen MR) is 53.1 cm³/mol. The summed E-state index contributed by atoms with van der Waals surface area (Å²) in [7, 11) is 0. The fourth-order valence-corrected chi connectivity index (χ4v) is 1.52. The van der Waals surface area contributed by atoms with Gasteiger partial charge in [0.2, 0.25) is 6.08 Å². The van der Waals surface area contributed by atoms with Gasteiger partial charge in [0.1, 0.15) is 5.69 Å². The maximum Gasteiger partial charge on any atom is 0.240 e. The summed E-state index contributed by atoms with van der Waals surface area (Å²) in [5.41, 5.74) is 2.38. The summed E-state index contributed by atoms with van der Waals surface area (Å²) in [6, 6.07) is 7.15. The summed E-state index contributed by atoms with van der Waals surface area (Å²) >= 11 is 1.30. The monoisotopic (exact) mass is 203 g/mol. The molecule has 0 atom stereocenters. The summed E-state index contributed by atoms with van der Waals surface area (Å²) < 4.78 is 3.76. The Balaban J connectivity index is 2.35. The second-order valence-corrected chi connectivity index (χ2v) is 3.15. The van der Waals surface area contributed by atoms with Crippen LogP contribution in [0.1, 0.15) is 0 Å². The molecule has 0 N–H and O–H groups in total. The Labute approximate surface area is 84.1 Å². The van der Waals surface area contributed by atoms with Crippen molar-refractivity contribution in [2.75, 3.05) is 0 Å². The van der Waals surface area contributed by atoms with Crippen molar-refractivity contribution in [2.45, 2.75) is 0 Å². The number of carbonyl (C=O) groups excluding carboxylic acids is 1. The molecule has 1 aromatic carbocycles.